The summed E-state index contributed by atoms with van der Waals surface area (Å²) < 4.78 is 12.8. The summed E-state index contributed by atoms with van der Waals surface area (Å²) in [6, 6.07) is 14.1. The van der Waals surface area contributed by atoms with E-state index in [1.54, 1.807) is 12.1 Å². The van der Waals surface area contributed by atoms with E-state index in [9.17, 15) is 9.18 Å². The predicted molar refractivity (Wildman–Crippen MR) is 96.0 cm³/mol. The fraction of sp³-hybridized carbons (Fsp3) is 0.316. The van der Waals surface area contributed by atoms with Gasteiger partial charge in [0.15, 0.2) is 0 Å². The molecule has 1 fully saturated rings. The molecule has 0 saturated carbocycles. The first kappa shape index (κ1) is 16.3. The summed E-state index contributed by atoms with van der Waals surface area (Å²) in [4.78, 5) is 14.3. The van der Waals surface area contributed by atoms with E-state index in [0.717, 1.165) is 18.8 Å². The number of halogens is 1. The Bertz CT molecular complexity index is 664. The van der Waals surface area contributed by atoms with E-state index in [-0.39, 0.29) is 11.7 Å². The number of nitrogens with one attached hydrogen (secondary N) is 2. The molecule has 126 valence electrons. The topological polar surface area (TPSA) is 44.4 Å². The number of hydrogen-bond donors (Lipinski definition) is 2. The molecule has 24 heavy (non-hydrogen) atoms. The Balaban J connectivity index is 1.42. The van der Waals surface area contributed by atoms with Gasteiger partial charge in [-0.05, 0) is 61.4 Å². The molecule has 2 aromatic rings. The van der Waals surface area contributed by atoms with Gasteiger partial charge in [-0.25, -0.2) is 4.39 Å². The summed E-state index contributed by atoms with van der Waals surface area (Å²) >= 11 is 0. The van der Waals surface area contributed by atoms with Crippen LogP contribution in [-0.2, 0) is 4.79 Å². The van der Waals surface area contributed by atoms with E-state index in [1.807, 2.05) is 12.1 Å². The molecule has 1 saturated heterocycles. The van der Waals surface area contributed by atoms with Crippen LogP contribution in [-0.4, -0.2) is 25.5 Å². The van der Waals surface area contributed by atoms with Crippen LogP contribution in [0, 0.1) is 5.82 Å². The molecule has 0 atom stereocenters. The monoisotopic (exact) mass is 327 g/mol. The average Bonchev–Trinajstić information content (AvgIpc) is 3.12. The molecular weight excluding hydrogens is 305 g/mol. The highest BCUT2D eigenvalue weighted by molar-refractivity contribution is 5.90. The summed E-state index contributed by atoms with van der Waals surface area (Å²) in [5, 5.41) is 6.00. The summed E-state index contributed by atoms with van der Waals surface area (Å²) in [5.74, 6) is -0.408. The second-order valence-electron chi connectivity index (χ2n) is 5.97. The van der Waals surface area contributed by atoms with E-state index in [4.69, 9.17) is 0 Å². The van der Waals surface area contributed by atoms with E-state index < -0.39 is 0 Å². The van der Waals surface area contributed by atoms with Gasteiger partial charge in [0.1, 0.15) is 5.82 Å². The van der Waals surface area contributed by atoms with Gasteiger partial charge >= 0.3 is 0 Å². The molecule has 1 aliphatic rings. The summed E-state index contributed by atoms with van der Waals surface area (Å²) in [6.07, 6.45) is 2.89. The SMILES string of the molecule is O=C(CCNc1ccc(N2CCCC2)cc1)Nc1ccc(F)cc1. The van der Waals surface area contributed by atoms with E-state index in [1.165, 1.54) is 30.7 Å². The normalized spacial score (nSPS) is 13.8. The van der Waals surface area contributed by atoms with Crippen molar-refractivity contribution >= 4 is 23.0 Å². The number of amides is 1. The standard InChI is InChI=1S/C19H22FN3O/c20-15-3-5-17(6-4-15)22-19(24)11-12-21-16-7-9-18(10-8-16)23-13-1-2-14-23/h3-10,21H,1-2,11-14H2,(H,22,24). The zero-order valence-electron chi connectivity index (χ0n) is 13.6. The zero-order valence-corrected chi connectivity index (χ0v) is 13.6. The Labute approximate surface area is 141 Å². The summed E-state index contributed by atoms with van der Waals surface area (Å²) in [6.45, 7) is 2.82. The van der Waals surface area contributed by atoms with Gasteiger partial charge in [0.05, 0.1) is 0 Å². The van der Waals surface area contributed by atoms with Crippen LogP contribution >= 0.6 is 0 Å². The van der Waals surface area contributed by atoms with Gasteiger partial charge in [-0.15, -0.1) is 0 Å². The van der Waals surface area contributed by atoms with Gasteiger partial charge in [0, 0.05) is 43.1 Å². The van der Waals surface area contributed by atoms with Gasteiger partial charge in [0.2, 0.25) is 5.91 Å². The molecule has 1 aliphatic heterocycles. The summed E-state index contributed by atoms with van der Waals surface area (Å²) in [5.41, 5.74) is 2.87. The van der Waals surface area contributed by atoms with Gasteiger partial charge in [-0.3, -0.25) is 4.79 Å². The van der Waals surface area contributed by atoms with Crippen LogP contribution in [0.2, 0.25) is 0 Å². The van der Waals surface area contributed by atoms with Crippen molar-refractivity contribution in [3.63, 3.8) is 0 Å². The molecule has 0 spiro atoms. The fourth-order valence-electron chi connectivity index (χ4n) is 2.84. The Morgan fingerprint density at radius 1 is 0.958 bits per heavy atom. The number of anilines is 3. The van der Waals surface area contributed by atoms with Gasteiger partial charge < -0.3 is 15.5 Å². The summed E-state index contributed by atoms with van der Waals surface area (Å²) in [7, 11) is 0. The van der Waals surface area contributed by atoms with Crippen molar-refractivity contribution in [2.24, 2.45) is 0 Å². The Morgan fingerprint density at radius 2 is 1.58 bits per heavy atom. The zero-order chi connectivity index (χ0) is 16.8. The van der Waals surface area contributed by atoms with Crippen molar-refractivity contribution in [1.29, 1.82) is 0 Å². The molecule has 4 nitrogen and oxygen atoms in total. The van der Waals surface area contributed by atoms with Crippen LogP contribution in [0.15, 0.2) is 48.5 Å². The third kappa shape index (κ3) is 4.47. The molecule has 0 bridgehead atoms. The highest BCUT2D eigenvalue weighted by atomic mass is 19.1. The molecule has 2 N–H and O–H groups in total. The smallest absolute Gasteiger partial charge is 0.226 e. The lowest BCUT2D eigenvalue weighted by molar-refractivity contribution is -0.115. The number of rotatable bonds is 6. The average molecular weight is 327 g/mol. The van der Waals surface area contributed by atoms with Crippen molar-refractivity contribution in [3.8, 4) is 0 Å². The number of carbonyl (C=O) groups excluding carboxylic acids is 1. The predicted octanol–water partition coefficient (Wildman–Crippen LogP) is 3.87. The fourth-order valence-corrected chi connectivity index (χ4v) is 2.84. The maximum Gasteiger partial charge on any atom is 0.226 e. The first-order valence-corrected chi connectivity index (χ1v) is 8.35. The van der Waals surface area contributed by atoms with Crippen LogP contribution in [0.5, 0.6) is 0 Å². The van der Waals surface area contributed by atoms with Crippen LogP contribution in [0.3, 0.4) is 0 Å². The Hall–Kier alpha value is -2.56. The van der Waals surface area contributed by atoms with Crippen molar-refractivity contribution in [2.45, 2.75) is 19.3 Å². The first-order chi connectivity index (χ1) is 11.7. The Kier molecular flexibility index (Phi) is 5.31. The Morgan fingerprint density at radius 3 is 2.25 bits per heavy atom. The van der Waals surface area contributed by atoms with Crippen molar-refractivity contribution in [2.75, 3.05) is 35.2 Å². The molecule has 3 rings (SSSR count). The van der Waals surface area contributed by atoms with Crippen LogP contribution in [0.1, 0.15) is 19.3 Å². The number of benzene rings is 2. The van der Waals surface area contributed by atoms with Crippen LogP contribution in [0.25, 0.3) is 0 Å². The molecule has 0 radical (unpaired) electrons. The van der Waals surface area contributed by atoms with Gasteiger partial charge in [-0.2, -0.15) is 0 Å². The van der Waals surface area contributed by atoms with Crippen molar-refractivity contribution in [3.05, 3.63) is 54.3 Å². The minimum absolute atomic E-state index is 0.0946. The van der Waals surface area contributed by atoms with Gasteiger partial charge in [-0.1, -0.05) is 0 Å². The number of hydrogen-bond acceptors (Lipinski definition) is 3. The number of carbonyl (C=O) groups is 1. The molecule has 1 amide bonds. The minimum atomic E-state index is -0.313. The molecule has 1 heterocycles. The lowest BCUT2D eigenvalue weighted by atomic mass is 10.2. The van der Waals surface area contributed by atoms with Gasteiger partial charge in [0.25, 0.3) is 0 Å². The van der Waals surface area contributed by atoms with E-state index in [2.05, 4.69) is 27.7 Å². The maximum absolute atomic E-state index is 12.8. The van der Waals surface area contributed by atoms with E-state index >= 15 is 0 Å². The highest BCUT2D eigenvalue weighted by Gasteiger charge is 2.11. The van der Waals surface area contributed by atoms with Crippen LogP contribution in [0.4, 0.5) is 21.5 Å². The molecule has 2 aromatic carbocycles. The van der Waals surface area contributed by atoms with E-state index in [0.29, 0.717) is 18.7 Å². The maximum atomic E-state index is 12.8. The van der Waals surface area contributed by atoms with Crippen LogP contribution < -0.4 is 15.5 Å². The second kappa shape index (κ2) is 7.81. The molecule has 5 heteroatoms. The van der Waals surface area contributed by atoms with Crippen molar-refractivity contribution < 1.29 is 9.18 Å². The third-order valence-electron chi connectivity index (χ3n) is 4.15. The molecule has 0 aromatic heterocycles. The largest absolute Gasteiger partial charge is 0.385 e. The highest BCUT2D eigenvalue weighted by Crippen LogP contribution is 2.22. The quantitative estimate of drug-likeness (QED) is 0.846. The molecular formula is C19H22FN3O. The lowest BCUT2D eigenvalue weighted by Gasteiger charge is -2.18. The number of nitrogens with zero attached hydrogens (tertiary/aromatic N) is 1. The minimum Gasteiger partial charge on any atom is -0.385 e. The van der Waals surface area contributed by atoms with Crippen molar-refractivity contribution in [1.82, 2.24) is 0 Å². The first-order valence-electron chi connectivity index (χ1n) is 8.35. The second-order valence-corrected chi connectivity index (χ2v) is 5.97. The lowest BCUT2D eigenvalue weighted by Crippen LogP contribution is -2.17. The molecule has 0 aliphatic carbocycles. The molecule has 0 unspecified atom stereocenters. The third-order valence-corrected chi connectivity index (χ3v) is 4.15.